The Hall–Kier alpha value is -1.87. The van der Waals surface area contributed by atoms with E-state index in [9.17, 15) is 34.4 Å². The van der Waals surface area contributed by atoms with E-state index in [4.69, 9.17) is 5.14 Å². The first-order chi connectivity index (χ1) is 15.4. The van der Waals surface area contributed by atoms with Gasteiger partial charge in [-0.2, -0.15) is 13.2 Å². The summed E-state index contributed by atoms with van der Waals surface area (Å²) in [6.45, 7) is -0.192. The van der Waals surface area contributed by atoms with Crippen LogP contribution in [0.1, 0.15) is 6.42 Å². The van der Waals surface area contributed by atoms with Gasteiger partial charge >= 0.3 is 5.51 Å². The highest BCUT2D eigenvalue weighted by Crippen LogP contribution is 2.36. The second-order valence-corrected chi connectivity index (χ2v) is 11.4. The Bertz CT molecular complexity index is 1130. The monoisotopic (exact) mass is 529 g/mol. The molecule has 0 aromatic heterocycles. The summed E-state index contributed by atoms with van der Waals surface area (Å²) in [6, 6.07) is 10.8. The van der Waals surface area contributed by atoms with Crippen molar-refractivity contribution in [1.82, 2.24) is 5.32 Å². The maximum absolute atomic E-state index is 13.3. The highest BCUT2D eigenvalue weighted by atomic mass is 32.2. The lowest BCUT2D eigenvalue weighted by Crippen LogP contribution is -2.31. The highest BCUT2D eigenvalue weighted by Gasteiger charge is 2.48. The summed E-state index contributed by atoms with van der Waals surface area (Å²) in [5.41, 5.74) is -6.07. The van der Waals surface area contributed by atoms with Gasteiger partial charge in [-0.05, 0) is 43.3 Å². The fourth-order valence-electron chi connectivity index (χ4n) is 2.74. The van der Waals surface area contributed by atoms with Crippen molar-refractivity contribution < 1.29 is 34.4 Å². The minimum absolute atomic E-state index is 0.0926. The number of halogens is 4. The maximum atomic E-state index is 13.3. The van der Waals surface area contributed by atoms with Crippen LogP contribution in [0, 0.1) is 0 Å². The number of hydrogen-bond donors (Lipinski definition) is 3. The number of sulfonamides is 1. The Kier molecular flexibility index (Phi) is 9.55. The van der Waals surface area contributed by atoms with Crippen LogP contribution in [-0.2, 0) is 19.9 Å². The molecular weight excluding hydrogens is 506 g/mol. The third kappa shape index (κ3) is 7.84. The Labute approximate surface area is 194 Å². The van der Waals surface area contributed by atoms with Gasteiger partial charge in [-0.25, -0.2) is 26.4 Å². The third-order valence-electron chi connectivity index (χ3n) is 4.37. The fourth-order valence-corrected chi connectivity index (χ4v) is 5.30. The number of sulfone groups is 1. The van der Waals surface area contributed by atoms with Gasteiger partial charge in [0, 0.05) is 23.2 Å². The zero-order valence-electron chi connectivity index (χ0n) is 17.2. The highest BCUT2D eigenvalue weighted by molar-refractivity contribution is 7.99. The van der Waals surface area contributed by atoms with E-state index in [2.05, 4.69) is 10.6 Å². The molecule has 7 nitrogen and oxygen atoms in total. The Balaban J connectivity index is 2.39. The summed E-state index contributed by atoms with van der Waals surface area (Å²) >= 11 is 1.39. The minimum Gasteiger partial charge on any atom is -0.380 e. The van der Waals surface area contributed by atoms with Crippen molar-refractivity contribution in [3.8, 4) is 0 Å². The van der Waals surface area contributed by atoms with Crippen molar-refractivity contribution in [2.45, 2.75) is 32.7 Å². The summed E-state index contributed by atoms with van der Waals surface area (Å²) < 4.78 is 99.7. The quantitative estimate of drug-likeness (QED) is 0.220. The van der Waals surface area contributed by atoms with Gasteiger partial charge in [-0.1, -0.05) is 18.2 Å². The van der Waals surface area contributed by atoms with Crippen LogP contribution < -0.4 is 15.8 Å². The number of hydrogen-bond acceptors (Lipinski definition) is 7. The molecule has 0 aliphatic carbocycles. The lowest BCUT2D eigenvalue weighted by atomic mass is 10.2. The molecule has 0 bridgehead atoms. The van der Waals surface area contributed by atoms with Crippen LogP contribution in [0.3, 0.4) is 0 Å². The summed E-state index contributed by atoms with van der Waals surface area (Å²) in [7, 11) is -10.3. The number of thioether (sulfide) groups is 1. The number of alkyl halides is 4. The molecule has 0 fully saturated rings. The molecule has 0 unspecified atom stereocenters. The van der Waals surface area contributed by atoms with Crippen LogP contribution in [-0.4, -0.2) is 53.9 Å². The van der Waals surface area contributed by atoms with Gasteiger partial charge < -0.3 is 10.6 Å². The van der Waals surface area contributed by atoms with Crippen molar-refractivity contribution in [2.75, 3.05) is 30.8 Å². The second-order valence-electron chi connectivity index (χ2n) is 6.85. The first kappa shape index (κ1) is 27.4. The normalized spacial score (nSPS) is 13.6. The first-order valence-corrected chi connectivity index (χ1v) is 13.6. The van der Waals surface area contributed by atoms with Crippen molar-refractivity contribution in [3.63, 3.8) is 0 Å². The molecule has 0 aliphatic heterocycles. The Morgan fingerprint density at radius 1 is 1.00 bits per heavy atom. The molecule has 184 valence electrons. The number of benzene rings is 2. The second kappa shape index (κ2) is 11.5. The summed E-state index contributed by atoms with van der Waals surface area (Å²) in [5.74, 6) is 0.337. The predicted molar refractivity (Wildman–Crippen MR) is 119 cm³/mol. The SMILES string of the molecule is NS(=O)(=O)c1ccc(N[C@H](CCNCCF)CSc2ccccc2)c(S(=O)(=O)C(F)(F)F)c1. The molecule has 0 aliphatic rings. The van der Waals surface area contributed by atoms with Crippen molar-refractivity contribution in [2.24, 2.45) is 5.14 Å². The van der Waals surface area contributed by atoms with Crippen molar-refractivity contribution in [1.29, 1.82) is 0 Å². The van der Waals surface area contributed by atoms with Gasteiger partial charge in [-0.3, -0.25) is 0 Å². The molecule has 2 aromatic rings. The van der Waals surface area contributed by atoms with Crippen LogP contribution in [0.15, 0.2) is 63.2 Å². The number of rotatable bonds is 12. The lowest BCUT2D eigenvalue weighted by molar-refractivity contribution is -0.0435. The molecule has 33 heavy (non-hydrogen) atoms. The van der Waals surface area contributed by atoms with E-state index >= 15 is 0 Å². The molecule has 0 spiro atoms. The predicted octanol–water partition coefficient (Wildman–Crippen LogP) is 3.15. The standard InChI is InChI=1S/C19H23F4N3O4S3/c20-9-11-25-10-8-14(13-31-15-4-2-1-3-5-15)26-17-7-6-16(33(24,29)30)12-18(17)32(27,28)19(21,22)23/h1-7,12,14,25-26H,8-11,13H2,(H2,24,29,30)/t14-/m1/s1. The zero-order valence-corrected chi connectivity index (χ0v) is 19.6. The average Bonchev–Trinajstić information content (AvgIpc) is 2.74. The Morgan fingerprint density at radius 3 is 2.24 bits per heavy atom. The average molecular weight is 530 g/mol. The van der Waals surface area contributed by atoms with Crippen molar-refractivity contribution >= 4 is 37.3 Å². The molecule has 14 heteroatoms. The van der Waals surface area contributed by atoms with Crippen LogP contribution in [0.4, 0.5) is 23.2 Å². The van der Waals surface area contributed by atoms with Gasteiger partial charge in [0.15, 0.2) is 0 Å². The largest absolute Gasteiger partial charge is 0.501 e. The smallest absolute Gasteiger partial charge is 0.380 e. The molecule has 0 heterocycles. The van der Waals surface area contributed by atoms with E-state index in [1.165, 1.54) is 11.8 Å². The van der Waals surface area contributed by atoms with Crippen LogP contribution in [0.2, 0.25) is 0 Å². The number of primary sulfonamides is 1. The molecule has 2 rings (SSSR count). The molecule has 0 amide bonds. The minimum atomic E-state index is -5.89. The summed E-state index contributed by atoms with van der Waals surface area (Å²) in [5, 5.41) is 10.6. The summed E-state index contributed by atoms with van der Waals surface area (Å²) in [6.07, 6.45) is 0.322. The van der Waals surface area contributed by atoms with Gasteiger partial charge in [0.1, 0.15) is 11.6 Å². The Morgan fingerprint density at radius 2 is 1.67 bits per heavy atom. The molecule has 0 radical (unpaired) electrons. The zero-order chi connectivity index (χ0) is 24.7. The topological polar surface area (TPSA) is 118 Å². The van der Waals surface area contributed by atoms with E-state index in [1.807, 2.05) is 30.3 Å². The molecule has 4 N–H and O–H groups in total. The fraction of sp³-hybridized carbons (Fsp3) is 0.368. The van der Waals surface area contributed by atoms with Crippen LogP contribution in [0.5, 0.6) is 0 Å². The molecular formula is C19H23F4N3O4S3. The van der Waals surface area contributed by atoms with Gasteiger partial charge in [-0.15, -0.1) is 11.8 Å². The molecule has 2 aromatic carbocycles. The van der Waals surface area contributed by atoms with E-state index in [0.29, 0.717) is 24.8 Å². The summed E-state index contributed by atoms with van der Waals surface area (Å²) in [4.78, 5) is -1.13. The lowest BCUT2D eigenvalue weighted by Gasteiger charge is -2.22. The van der Waals surface area contributed by atoms with Gasteiger partial charge in [0.05, 0.1) is 10.6 Å². The number of nitrogens with two attached hydrogens (primary N) is 1. The maximum Gasteiger partial charge on any atom is 0.501 e. The van der Waals surface area contributed by atoms with E-state index in [-0.39, 0.29) is 6.54 Å². The van der Waals surface area contributed by atoms with E-state index in [0.717, 1.165) is 17.0 Å². The van der Waals surface area contributed by atoms with Crippen molar-refractivity contribution in [3.05, 3.63) is 48.5 Å². The number of nitrogens with one attached hydrogen (secondary N) is 2. The molecule has 0 saturated heterocycles. The molecule has 1 atom stereocenters. The van der Waals surface area contributed by atoms with Crippen LogP contribution in [0.25, 0.3) is 0 Å². The van der Waals surface area contributed by atoms with Gasteiger partial charge in [0.2, 0.25) is 10.0 Å². The van der Waals surface area contributed by atoms with E-state index < -0.39 is 53.6 Å². The third-order valence-corrected chi connectivity index (χ3v) is 7.98. The number of anilines is 1. The van der Waals surface area contributed by atoms with Gasteiger partial charge in [0.25, 0.3) is 9.84 Å². The van der Waals surface area contributed by atoms with E-state index in [1.54, 1.807) is 0 Å². The van der Waals surface area contributed by atoms with Crippen LogP contribution >= 0.6 is 11.8 Å². The first-order valence-electron chi connectivity index (χ1n) is 9.55. The molecule has 0 saturated carbocycles.